The molecule has 2 aromatic rings. The average Bonchev–Trinajstić information content (AvgIpc) is 3.18. The van der Waals surface area contributed by atoms with E-state index in [0.29, 0.717) is 17.9 Å². The second kappa shape index (κ2) is 8.61. The number of benzene rings is 2. The zero-order valence-corrected chi connectivity index (χ0v) is 15.0. The molecule has 0 radical (unpaired) electrons. The monoisotopic (exact) mass is 372 g/mol. The molecule has 3 N–H and O–H groups in total. The molecule has 1 heterocycles. The molecular formula is C19H21FN4O3. The standard InChI is InChI=1S/C19H21FN4O3/c1-26-17-8-3-12(9-18(17)27-2)11-21-24-19(25)16-10-15(22-23-16)13-4-6-14(20)7-5-13/h3-9,11,15-16,22-23H,10H2,1-2H3,(H,24,25)/b21-11+. The highest BCUT2D eigenvalue weighted by Crippen LogP contribution is 2.27. The number of halogens is 1. The van der Waals surface area contributed by atoms with Gasteiger partial charge in [-0.1, -0.05) is 12.1 Å². The number of amides is 1. The van der Waals surface area contributed by atoms with Crippen molar-refractivity contribution in [2.24, 2.45) is 5.10 Å². The summed E-state index contributed by atoms with van der Waals surface area (Å²) in [4.78, 5) is 12.3. The van der Waals surface area contributed by atoms with Gasteiger partial charge in [0.05, 0.1) is 20.4 Å². The van der Waals surface area contributed by atoms with Gasteiger partial charge in [0.15, 0.2) is 11.5 Å². The molecule has 0 saturated carbocycles. The molecule has 8 heteroatoms. The van der Waals surface area contributed by atoms with E-state index >= 15 is 0 Å². The van der Waals surface area contributed by atoms with Crippen molar-refractivity contribution in [1.29, 1.82) is 0 Å². The van der Waals surface area contributed by atoms with Gasteiger partial charge < -0.3 is 9.47 Å². The molecule has 0 aromatic heterocycles. The number of carbonyl (C=O) groups excluding carboxylic acids is 1. The molecule has 2 unspecified atom stereocenters. The maximum atomic E-state index is 13.0. The van der Waals surface area contributed by atoms with Crippen LogP contribution in [0.2, 0.25) is 0 Å². The second-order valence-corrected chi connectivity index (χ2v) is 6.03. The fourth-order valence-corrected chi connectivity index (χ4v) is 2.82. The Kier molecular flexibility index (Phi) is 6.00. The lowest BCUT2D eigenvalue weighted by molar-refractivity contribution is -0.122. The van der Waals surface area contributed by atoms with E-state index in [4.69, 9.17) is 9.47 Å². The van der Waals surface area contributed by atoms with E-state index in [0.717, 1.165) is 11.1 Å². The van der Waals surface area contributed by atoms with Crippen LogP contribution in [0.5, 0.6) is 11.5 Å². The maximum absolute atomic E-state index is 13.0. The highest BCUT2D eigenvalue weighted by molar-refractivity contribution is 5.85. The van der Waals surface area contributed by atoms with Crippen molar-refractivity contribution >= 4 is 12.1 Å². The summed E-state index contributed by atoms with van der Waals surface area (Å²) in [7, 11) is 3.12. The zero-order valence-electron chi connectivity index (χ0n) is 15.0. The van der Waals surface area contributed by atoms with Crippen molar-refractivity contribution in [3.63, 3.8) is 0 Å². The van der Waals surface area contributed by atoms with Crippen LogP contribution in [0.15, 0.2) is 47.6 Å². The molecule has 2 atom stereocenters. The number of hydrazine groups is 1. The van der Waals surface area contributed by atoms with Crippen molar-refractivity contribution in [2.45, 2.75) is 18.5 Å². The van der Waals surface area contributed by atoms with E-state index in [1.807, 2.05) is 0 Å². The summed E-state index contributed by atoms with van der Waals surface area (Å²) in [6.45, 7) is 0. The van der Waals surface area contributed by atoms with Crippen LogP contribution in [-0.2, 0) is 4.79 Å². The van der Waals surface area contributed by atoms with Crippen LogP contribution < -0.4 is 25.8 Å². The number of hydrogen-bond donors (Lipinski definition) is 3. The number of carbonyl (C=O) groups is 1. The summed E-state index contributed by atoms with van der Waals surface area (Å²) in [6, 6.07) is 11.0. The summed E-state index contributed by atoms with van der Waals surface area (Å²) >= 11 is 0. The van der Waals surface area contributed by atoms with E-state index in [9.17, 15) is 9.18 Å². The third-order valence-electron chi connectivity index (χ3n) is 4.29. The Hall–Kier alpha value is -2.97. The molecule has 27 heavy (non-hydrogen) atoms. The lowest BCUT2D eigenvalue weighted by atomic mass is 10.0. The predicted molar refractivity (Wildman–Crippen MR) is 99.1 cm³/mol. The molecule has 142 valence electrons. The van der Waals surface area contributed by atoms with E-state index in [1.54, 1.807) is 44.6 Å². The average molecular weight is 372 g/mol. The van der Waals surface area contributed by atoms with Gasteiger partial charge in [0, 0.05) is 6.04 Å². The molecule has 0 spiro atoms. The Morgan fingerprint density at radius 3 is 2.59 bits per heavy atom. The molecule has 1 aliphatic heterocycles. The van der Waals surface area contributed by atoms with Crippen LogP contribution >= 0.6 is 0 Å². The molecule has 1 amide bonds. The van der Waals surface area contributed by atoms with E-state index < -0.39 is 6.04 Å². The van der Waals surface area contributed by atoms with Crippen molar-refractivity contribution in [2.75, 3.05) is 14.2 Å². The topological polar surface area (TPSA) is 84.0 Å². The lowest BCUT2D eigenvalue weighted by Crippen LogP contribution is -2.41. The van der Waals surface area contributed by atoms with Gasteiger partial charge in [0.2, 0.25) is 0 Å². The quantitative estimate of drug-likeness (QED) is 0.533. The third-order valence-corrected chi connectivity index (χ3v) is 4.29. The Bertz CT molecular complexity index is 826. The SMILES string of the molecule is COc1ccc(/C=N/NC(=O)C2CC(c3ccc(F)cc3)NN2)cc1OC. The van der Waals surface area contributed by atoms with Crippen LogP contribution in [0.3, 0.4) is 0 Å². The number of rotatable bonds is 6. The van der Waals surface area contributed by atoms with Crippen LogP contribution in [0.1, 0.15) is 23.6 Å². The van der Waals surface area contributed by atoms with E-state index in [1.165, 1.54) is 18.3 Å². The van der Waals surface area contributed by atoms with E-state index in [-0.39, 0.29) is 17.8 Å². The number of nitrogens with one attached hydrogen (secondary N) is 3. The Morgan fingerprint density at radius 2 is 1.89 bits per heavy atom. The highest BCUT2D eigenvalue weighted by Gasteiger charge is 2.29. The van der Waals surface area contributed by atoms with Gasteiger partial charge in [-0.15, -0.1) is 0 Å². The molecule has 2 aromatic carbocycles. The Morgan fingerprint density at radius 1 is 1.15 bits per heavy atom. The number of methoxy groups -OCH3 is 2. The number of nitrogens with zero attached hydrogens (tertiary/aromatic N) is 1. The molecule has 0 bridgehead atoms. The molecule has 1 aliphatic rings. The van der Waals surface area contributed by atoms with Crippen molar-refractivity contribution < 1.29 is 18.7 Å². The number of ether oxygens (including phenoxy) is 2. The second-order valence-electron chi connectivity index (χ2n) is 6.03. The van der Waals surface area contributed by atoms with Gasteiger partial charge in [-0.2, -0.15) is 5.10 Å². The first-order valence-corrected chi connectivity index (χ1v) is 8.42. The molecule has 7 nitrogen and oxygen atoms in total. The molecule has 3 rings (SSSR count). The summed E-state index contributed by atoms with van der Waals surface area (Å²) in [5, 5.41) is 3.99. The minimum atomic E-state index is -0.442. The van der Waals surface area contributed by atoms with Gasteiger partial charge in [0.1, 0.15) is 11.9 Å². The normalized spacial score (nSPS) is 19.2. The Labute approximate surface area is 156 Å². The van der Waals surface area contributed by atoms with Crippen LogP contribution in [0, 0.1) is 5.82 Å². The van der Waals surface area contributed by atoms with E-state index in [2.05, 4.69) is 21.4 Å². The van der Waals surface area contributed by atoms with Crippen LogP contribution in [0.25, 0.3) is 0 Å². The smallest absolute Gasteiger partial charge is 0.258 e. The minimum absolute atomic E-state index is 0.0730. The Balaban J connectivity index is 1.55. The molecular weight excluding hydrogens is 351 g/mol. The van der Waals surface area contributed by atoms with Gasteiger partial charge in [-0.05, 0) is 47.9 Å². The summed E-state index contributed by atoms with van der Waals surface area (Å²) in [5.41, 5.74) is 10.2. The summed E-state index contributed by atoms with van der Waals surface area (Å²) in [6.07, 6.45) is 2.06. The van der Waals surface area contributed by atoms with Crippen LogP contribution in [-0.4, -0.2) is 32.4 Å². The fourth-order valence-electron chi connectivity index (χ4n) is 2.82. The first-order valence-electron chi connectivity index (χ1n) is 8.42. The summed E-state index contributed by atoms with van der Waals surface area (Å²) < 4.78 is 23.4. The molecule has 1 saturated heterocycles. The number of hydrazone groups is 1. The molecule has 1 fully saturated rings. The van der Waals surface area contributed by atoms with Crippen LogP contribution in [0.4, 0.5) is 4.39 Å². The third kappa shape index (κ3) is 4.60. The van der Waals surface area contributed by atoms with Crippen molar-refractivity contribution in [1.82, 2.24) is 16.3 Å². The number of hydrogen-bond acceptors (Lipinski definition) is 6. The predicted octanol–water partition coefficient (Wildman–Crippen LogP) is 1.90. The van der Waals surface area contributed by atoms with Gasteiger partial charge in [-0.3, -0.25) is 4.79 Å². The maximum Gasteiger partial charge on any atom is 0.258 e. The zero-order chi connectivity index (χ0) is 19.2. The lowest BCUT2D eigenvalue weighted by Gasteiger charge is -2.09. The van der Waals surface area contributed by atoms with Crippen molar-refractivity contribution in [3.05, 3.63) is 59.4 Å². The van der Waals surface area contributed by atoms with Crippen molar-refractivity contribution in [3.8, 4) is 11.5 Å². The minimum Gasteiger partial charge on any atom is -0.493 e. The summed E-state index contributed by atoms with van der Waals surface area (Å²) in [5.74, 6) is 0.649. The highest BCUT2D eigenvalue weighted by atomic mass is 19.1. The largest absolute Gasteiger partial charge is 0.493 e. The van der Waals surface area contributed by atoms with Gasteiger partial charge >= 0.3 is 0 Å². The first-order chi connectivity index (χ1) is 13.1. The first kappa shape index (κ1) is 18.8. The molecule has 0 aliphatic carbocycles. The van der Waals surface area contributed by atoms with Gasteiger partial charge in [0.25, 0.3) is 5.91 Å². The fraction of sp³-hybridized carbons (Fsp3) is 0.263. The van der Waals surface area contributed by atoms with Gasteiger partial charge in [-0.25, -0.2) is 20.7 Å².